The van der Waals surface area contributed by atoms with Gasteiger partial charge < -0.3 is 14.8 Å². The van der Waals surface area contributed by atoms with Gasteiger partial charge in [-0.15, -0.1) is 0 Å². The van der Waals surface area contributed by atoms with Crippen LogP contribution in [-0.4, -0.2) is 79.1 Å². The molecule has 36 heavy (non-hydrogen) atoms. The zero-order valence-corrected chi connectivity index (χ0v) is 23.4. The van der Waals surface area contributed by atoms with Crippen molar-refractivity contribution in [3.8, 4) is 0 Å². The standard InChI is InChI=1S/C12H18N2O4S2.C11H16N2O2S/c1-10(18-20(3,15)16)8-11(9-14-17-2)19-12-6-4-5-7-13-12;1-9(14)7-10(8-13-15-2)16-11-5-3-4-6-12-11/h4-7,9-11H,8H2,1-3H3;3-6,8-10,14H,7H2,1-2H3/b14-9+;13-8+. The van der Waals surface area contributed by atoms with Crippen LogP contribution < -0.4 is 0 Å². The lowest BCUT2D eigenvalue weighted by Crippen LogP contribution is -2.20. The first-order valence-corrected chi connectivity index (χ1v) is 14.6. The number of rotatable bonds is 14. The van der Waals surface area contributed by atoms with Crippen molar-refractivity contribution in [1.82, 2.24) is 9.97 Å². The van der Waals surface area contributed by atoms with Crippen molar-refractivity contribution in [3.63, 3.8) is 0 Å². The van der Waals surface area contributed by atoms with Crippen molar-refractivity contribution in [1.29, 1.82) is 0 Å². The van der Waals surface area contributed by atoms with E-state index in [9.17, 15) is 13.5 Å². The fourth-order valence-corrected chi connectivity index (χ4v) is 5.50. The Morgan fingerprint density at radius 2 is 1.39 bits per heavy atom. The van der Waals surface area contributed by atoms with E-state index in [2.05, 4.69) is 30.0 Å². The first kappa shape index (κ1) is 31.8. The molecule has 0 aliphatic rings. The highest BCUT2D eigenvalue weighted by atomic mass is 32.2. The Morgan fingerprint density at radius 1 is 0.917 bits per heavy atom. The predicted octanol–water partition coefficient (Wildman–Crippen LogP) is 3.87. The average Bonchev–Trinajstić information content (AvgIpc) is 2.81. The van der Waals surface area contributed by atoms with Crippen molar-refractivity contribution in [2.45, 2.75) is 59.4 Å². The van der Waals surface area contributed by atoms with Crippen molar-refractivity contribution < 1.29 is 27.4 Å². The van der Waals surface area contributed by atoms with Crippen molar-refractivity contribution >= 4 is 46.1 Å². The topological polar surface area (TPSA) is 133 Å². The minimum absolute atomic E-state index is 0.0647. The van der Waals surface area contributed by atoms with E-state index >= 15 is 0 Å². The van der Waals surface area contributed by atoms with Gasteiger partial charge in [0.05, 0.1) is 51.4 Å². The number of oxime groups is 2. The summed E-state index contributed by atoms with van der Waals surface area (Å²) in [4.78, 5) is 17.7. The number of aliphatic hydroxyl groups excluding tert-OH is 1. The van der Waals surface area contributed by atoms with E-state index in [0.29, 0.717) is 12.8 Å². The lowest BCUT2D eigenvalue weighted by Gasteiger charge is -2.16. The molecule has 13 heteroatoms. The van der Waals surface area contributed by atoms with Crippen molar-refractivity contribution in [3.05, 3.63) is 48.8 Å². The molecule has 4 unspecified atom stereocenters. The maximum absolute atomic E-state index is 11.1. The summed E-state index contributed by atoms with van der Waals surface area (Å²) in [6.07, 6.45) is 8.05. The molecule has 10 nitrogen and oxygen atoms in total. The second-order valence-corrected chi connectivity index (χ2v) is 11.6. The molecule has 0 radical (unpaired) electrons. The number of hydrogen-bond donors (Lipinski definition) is 1. The van der Waals surface area contributed by atoms with Crippen LogP contribution in [0.5, 0.6) is 0 Å². The molecule has 0 saturated carbocycles. The summed E-state index contributed by atoms with van der Waals surface area (Å²) in [5.74, 6) is 0. The van der Waals surface area contributed by atoms with E-state index in [0.717, 1.165) is 16.3 Å². The van der Waals surface area contributed by atoms with Gasteiger partial charge in [0.2, 0.25) is 0 Å². The lowest BCUT2D eigenvalue weighted by molar-refractivity contribution is 0.187. The van der Waals surface area contributed by atoms with Gasteiger partial charge in [0.15, 0.2) is 0 Å². The number of hydrogen-bond acceptors (Lipinski definition) is 12. The van der Waals surface area contributed by atoms with Gasteiger partial charge in [0.25, 0.3) is 10.1 Å². The van der Waals surface area contributed by atoms with Crippen LogP contribution >= 0.6 is 23.5 Å². The first-order chi connectivity index (χ1) is 17.1. The van der Waals surface area contributed by atoms with Crippen LogP contribution in [0, 0.1) is 0 Å². The summed E-state index contributed by atoms with van der Waals surface area (Å²) in [6.45, 7) is 3.46. The summed E-state index contributed by atoms with van der Waals surface area (Å²) >= 11 is 3.02. The molecule has 0 amide bonds. The molecule has 0 spiro atoms. The van der Waals surface area contributed by atoms with Gasteiger partial charge in [0.1, 0.15) is 14.2 Å². The van der Waals surface area contributed by atoms with Crippen LogP contribution in [0.2, 0.25) is 0 Å². The van der Waals surface area contributed by atoms with Crippen LogP contribution in [0.25, 0.3) is 0 Å². The van der Waals surface area contributed by atoms with E-state index in [1.807, 2.05) is 36.4 Å². The minimum atomic E-state index is -3.46. The molecule has 0 fully saturated rings. The van der Waals surface area contributed by atoms with Gasteiger partial charge in [-0.25, -0.2) is 9.97 Å². The minimum Gasteiger partial charge on any atom is -0.399 e. The van der Waals surface area contributed by atoms with Crippen LogP contribution in [0.4, 0.5) is 0 Å². The molecule has 4 atom stereocenters. The van der Waals surface area contributed by atoms with Gasteiger partial charge in [0, 0.05) is 12.4 Å². The fourth-order valence-electron chi connectivity index (χ4n) is 2.68. The molecule has 0 aliphatic carbocycles. The molecule has 200 valence electrons. The van der Waals surface area contributed by atoms with Crippen LogP contribution in [-0.2, 0) is 24.0 Å². The zero-order valence-electron chi connectivity index (χ0n) is 21.0. The first-order valence-electron chi connectivity index (χ1n) is 11.0. The third-order valence-electron chi connectivity index (χ3n) is 3.96. The van der Waals surface area contributed by atoms with Crippen molar-refractivity contribution in [2.75, 3.05) is 20.5 Å². The normalized spacial score (nSPS) is 15.1. The van der Waals surface area contributed by atoms with Gasteiger partial charge in [-0.2, -0.15) is 8.42 Å². The molecular formula is C23H34N4O6S3. The molecular weight excluding hydrogens is 524 g/mol. The highest BCUT2D eigenvalue weighted by Crippen LogP contribution is 2.24. The molecule has 2 aromatic heterocycles. The van der Waals surface area contributed by atoms with Gasteiger partial charge in [-0.1, -0.05) is 46.0 Å². The monoisotopic (exact) mass is 558 g/mol. The maximum atomic E-state index is 11.1. The summed E-state index contributed by atoms with van der Waals surface area (Å²) in [6, 6.07) is 11.3. The Balaban J connectivity index is 0.000000369. The highest BCUT2D eigenvalue weighted by Gasteiger charge is 2.18. The Morgan fingerprint density at radius 3 is 1.75 bits per heavy atom. The summed E-state index contributed by atoms with van der Waals surface area (Å²) in [5.41, 5.74) is 0. The molecule has 1 N–H and O–H groups in total. The van der Waals surface area contributed by atoms with Gasteiger partial charge in [-0.05, 0) is 51.0 Å². The molecule has 0 aliphatic heterocycles. The van der Waals surface area contributed by atoms with Gasteiger partial charge in [-0.3, -0.25) is 4.18 Å². The highest BCUT2D eigenvalue weighted by molar-refractivity contribution is 8.00. The molecule has 0 aromatic carbocycles. The van der Waals surface area contributed by atoms with E-state index in [1.54, 1.807) is 50.4 Å². The fraction of sp³-hybridized carbons (Fsp3) is 0.478. The van der Waals surface area contributed by atoms with E-state index in [1.165, 1.54) is 26.0 Å². The number of aliphatic hydroxyl groups is 1. The molecule has 2 heterocycles. The SMILES string of the molecule is CO/N=C/C(CC(C)O)Sc1ccccn1.CO/N=C/C(CC(C)OS(C)(=O)=O)Sc1ccccn1. The third-order valence-corrected chi connectivity index (χ3v) is 6.84. The Labute approximate surface area is 222 Å². The van der Waals surface area contributed by atoms with E-state index in [4.69, 9.17) is 4.18 Å². The summed E-state index contributed by atoms with van der Waals surface area (Å²) < 4.78 is 27.1. The Bertz CT molecular complexity index is 995. The average molecular weight is 559 g/mol. The maximum Gasteiger partial charge on any atom is 0.264 e. The Hall–Kier alpha value is -2.19. The second-order valence-electron chi connectivity index (χ2n) is 7.45. The number of aromatic nitrogens is 2. The van der Waals surface area contributed by atoms with Crippen molar-refractivity contribution in [2.24, 2.45) is 10.3 Å². The molecule has 2 rings (SSSR count). The number of thioether (sulfide) groups is 2. The van der Waals surface area contributed by atoms with E-state index in [-0.39, 0.29) is 16.6 Å². The predicted molar refractivity (Wildman–Crippen MR) is 145 cm³/mol. The summed E-state index contributed by atoms with van der Waals surface area (Å²) in [5, 5.41) is 18.5. The second kappa shape index (κ2) is 18.1. The van der Waals surface area contributed by atoms with Crippen LogP contribution in [0.3, 0.4) is 0 Å². The Kier molecular flexibility index (Phi) is 16.0. The number of nitrogens with zero attached hydrogens (tertiary/aromatic N) is 4. The van der Waals surface area contributed by atoms with Gasteiger partial charge >= 0.3 is 0 Å². The third kappa shape index (κ3) is 16.5. The smallest absolute Gasteiger partial charge is 0.264 e. The van der Waals surface area contributed by atoms with Crippen LogP contribution in [0.15, 0.2) is 69.2 Å². The van der Waals surface area contributed by atoms with E-state index < -0.39 is 16.2 Å². The zero-order chi connectivity index (χ0) is 26.8. The lowest BCUT2D eigenvalue weighted by atomic mass is 10.2. The quantitative estimate of drug-likeness (QED) is 0.158. The number of pyridine rings is 2. The van der Waals surface area contributed by atoms with Crippen LogP contribution in [0.1, 0.15) is 26.7 Å². The molecule has 0 saturated heterocycles. The largest absolute Gasteiger partial charge is 0.399 e. The summed E-state index contributed by atoms with van der Waals surface area (Å²) in [7, 11) is -0.508. The molecule has 2 aromatic rings. The molecule has 0 bridgehead atoms.